The number of amides is 1. The highest BCUT2D eigenvalue weighted by Gasteiger charge is 2.25. The summed E-state index contributed by atoms with van der Waals surface area (Å²) in [6.45, 7) is 9.51. The molecule has 2 saturated heterocycles. The minimum atomic E-state index is 0.223. The number of benzene rings is 1. The predicted molar refractivity (Wildman–Crippen MR) is 121 cm³/mol. The molecule has 0 saturated carbocycles. The average molecular weight is 410 g/mol. The summed E-state index contributed by atoms with van der Waals surface area (Å²) in [5.41, 5.74) is 4.49. The Bertz CT molecular complexity index is 818. The quantitative estimate of drug-likeness (QED) is 0.692. The van der Waals surface area contributed by atoms with Gasteiger partial charge < -0.3 is 14.2 Å². The lowest BCUT2D eigenvalue weighted by Crippen LogP contribution is -2.38. The molecule has 2 aliphatic rings. The molecule has 0 spiro atoms. The highest BCUT2D eigenvalue weighted by Crippen LogP contribution is 2.29. The van der Waals surface area contributed by atoms with E-state index in [4.69, 9.17) is 4.74 Å². The number of morpholine rings is 1. The van der Waals surface area contributed by atoms with Crippen molar-refractivity contribution in [2.75, 3.05) is 45.9 Å². The normalized spacial score (nSPS) is 18.0. The molecule has 0 N–H and O–H groups in total. The molecule has 5 heteroatoms. The fourth-order valence-corrected chi connectivity index (χ4v) is 4.72. The first-order valence-corrected chi connectivity index (χ1v) is 11.6. The van der Waals surface area contributed by atoms with E-state index in [0.29, 0.717) is 0 Å². The molecule has 2 fully saturated rings. The fourth-order valence-electron chi connectivity index (χ4n) is 4.72. The third kappa shape index (κ3) is 4.79. The van der Waals surface area contributed by atoms with E-state index in [1.807, 2.05) is 0 Å². The smallest absolute Gasteiger partial charge is 0.255 e. The van der Waals surface area contributed by atoms with Crippen molar-refractivity contribution in [2.45, 2.75) is 45.6 Å². The molecule has 3 heterocycles. The number of nitrogens with zero attached hydrogens (tertiary/aromatic N) is 3. The van der Waals surface area contributed by atoms with Gasteiger partial charge in [0.25, 0.3) is 5.91 Å². The summed E-state index contributed by atoms with van der Waals surface area (Å²) in [5.74, 6) is 0.223. The van der Waals surface area contributed by atoms with Gasteiger partial charge in [-0.15, -0.1) is 0 Å². The van der Waals surface area contributed by atoms with Crippen LogP contribution >= 0.6 is 0 Å². The Kier molecular flexibility index (Phi) is 7.24. The van der Waals surface area contributed by atoms with Gasteiger partial charge in [-0.2, -0.15) is 0 Å². The largest absolute Gasteiger partial charge is 0.379 e. The van der Waals surface area contributed by atoms with Crippen LogP contribution in [0.25, 0.3) is 11.3 Å². The zero-order valence-corrected chi connectivity index (χ0v) is 18.3. The molecule has 4 rings (SSSR count). The van der Waals surface area contributed by atoms with Gasteiger partial charge >= 0.3 is 0 Å². The van der Waals surface area contributed by atoms with Gasteiger partial charge in [0.1, 0.15) is 0 Å². The van der Waals surface area contributed by atoms with Gasteiger partial charge in [-0.25, -0.2) is 0 Å². The predicted octanol–water partition coefficient (Wildman–Crippen LogP) is 4.07. The number of aromatic nitrogens is 1. The van der Waals surface area contributed by atoms with Crippen LogP contribution in [0.3, 0.4) is 0 Å². The molecule has 162 valence electrons. The maximum atomic E-state index is 13.5. The first-order valence-electron chi connectivity index (χ1n) is 11.6. The zero-order valence-electron chi connectivity index (χ0n) is 18.3. The second-order valence-corrected chi connectivity index (χ2v) is 8.46. The number of piperidine rings is 1. The van der Waals surface area contributed by atoms with Crippen molar-refractivity contribution in [3.05, 3.63) is 47.7 Å². The Labute approximate surface area is 180 Å². The summed E-state index contributed by atoms with van der Waals surface area (Å²) in [6, 6.07) is 12.7. The molecule has 30 heavy (non-hydrogen) atoms. The molecule has 1 amide bonds. The first-order chi connectivity index (χ1) is 14.8. The van der Waals surface area contributed by atoms with Crippen molar-refractivity contribution in [2.24, 2.45) is 0 Å². The molecule has 0 bridgehead atoms. The molecular formula is C25H35N3O2. The van der Waals surface area contributed by atoms with Gasteiger partial charge in [0.2, 0.25) is 0 Å². The maximum Gasteiger partial charge on any atom is 0.255 e. The Morgan fingerprint density at radius 1 is 0.967 bits per heavy atom. The van der Waals surface area contributed by atoms with E-state index in [2.05, 4.69) is 57.7 Å². The highest BCUT2D eigenvalue weighted by atomic mass is 16.5. The van der Waals surface area contributed by atoms with E-state index in [1.54, 1.807) is 0 Å². The van der Waals surface area contributed by atoms with Crippen LogP contribution in [0.15, 0.2) is 36.4 Å². The third-order valence-corrected chi connectivity index (χ3v) is 6.38. The Hall–Kier alpha value is -2.11. The summed E-state index contributed by atoms with van der Waals surface area (Å²) >= 11 is 0. The van der Waals surface area contributed by atoms with Crippen LogP contribution in [0.4, 0.5) is 0 Å². The number of rotatable bonds is 7. The SMILES string of the molecule is CCCc1c(C(=O)N2CCCCC2)cc(-c2ccccc2)n1CCN1CCOCC1. The average Bonchev–Trinajstić information content (AvgIpc) is 3.17. The van der Waals surface area contributed by atoms with E-state index in [0.717, 1.165) is 83.7 Å². The van der Waals surface area contributed by atoms with Crippen LogP contribution in [0, 0.1) is 0 Å². The summed E-state index contributed by atoms with van der Waals surface area (Å²) in [6.07, 6.45) is 5.46. The summed E-state index contributed by atoms with van der Waals surface area (Å²) in [4.78, 5) is 18.0. The molecule has 0 atom stereocenters. The van der Waals surface area contributed by atoms with Gasteiger partial charge in [0, 0.05) is 50.7 Å². The molecule has 2 aliphatic heterocycles. The fraction of sp³-hybridized carbons (Fsp3) is 0.560. The van der Waals surface area contributed by atoms with Crippen molar-refractivity contribution in [1.29, 1.82) is 0 Å². The van der Waals surface area contributed by atoms with Crippen LogP contribution in [0.1, 0.15) is 48.7 Å². The Morgan fingerprint density at radius 3 is 2.40 bits per heavy atom. The van der Waals surface area contributed by atoms with Crippen molar-refractivity contribution in [1.82, 2.24) is 14.4 Å². The minimum absolute atomic E-state index is 0.223. The van der Waals surface area contributed by atoms with Crippen LogP contribution < -0.4 is 0 Å². The van der Waals surface area contributed by atoms with Crippen LogP contribution in [-0.2, 0) is 17.7 Å². The maximum absolute atomic E-state index is 13.5. The number of carbonyl (C=O) groups excluding carboxylic acids is 1. The molecule has 0 aliphatic carbocycles. The van der Waals surface area contributed by atoms with E-state index in [9.17, 15) is 4.79 Å². The lowest BCUT2D eigenvalue weighted by Gasteiger charge is -2.28. The summed E-state index contributed by atoms with van der Waals surface area (Å²) < 4.78 is 7.93. The number of ether oxygens (including phenoxy) is 1. The molecule has 5 nitrogen and oxygen atoms in total. The Balaban J connectivity index is 1.68. The minimum Gasteiger partial charge on any atom is -0.379 e. The number of hydrogen-bond acceptors (Lipinski definition) is 3. The number of carbonyl (C=O) groups is 1. The molecule has 0 unspecified atom stereocenters. The second-order valence-electron chi connectivity index (χ2n) is 8.46. The molecule has 2 aromatic rings. The lowest BCUT2D eigenvalue weighted by molar-refractivity contribution is 0.0364. The van der Waals surface area contributed by atoms with E-state index >= 15 is 0 Å². The van der Waals surface area contributed by atoms with Crippen molar-refractivity contribution >= 4 is 5.91 Å². The third-order valence-electron chi connectivity index (χ3n) is 6.38. The van der Waals surface area contributed by atoms with Gasteiger partial charge in [-0.1, -0.05) is 43.7 Å². The van der Waals surface area contributed by atoms with E-state index in [1.165, 1.54) is 23.4 Å². The number of hydrogen-bond donors (Lipinski definition) is 0. The first kappa shape index (κ1) is 21.1. The standard InChI is InChI=1S/C25H35N3O2/c1-2-9-23-22(25(29)27-12-7-4-8-13-27)20-24(21-10-5-3-6-11-21)28(23)15-14-26-16-18-30-19-17-26/h3,5-6,10-11,20H,2,4,7-9,12-19H2,1H3. The summed E-state index contributed by atoms with van der Waals surface area (Å²) in [7, 11) is 0. The highest BCUT2D eigenvalue weighted by molar-refractivity contribution is 5.97. The molecule has 1 aromatic carbocycles. The molecule has 0 radical (unpaired) electrons. The van der Waals surface area contributed by atoms with E-state index in [-0.39, 0.29) is 5.91 Å². The number of likely N-dealkylation sites (tertiary alicyclic amines) is 1. The Morgan fingerprint density at radius 2 is 1.70 bits per heavy atom. The molecule has 1 aromatic heterocycles. The van der Waals surface area contributed by atoms with Crippen molar-refractivity contribution in [3.63, 3.8) is 0 Å². The van der Waals surface area contributed by atoms with Gasteiger partial charge in [-0.3, -0.25) is 9.69 Å². The van der Waals surface area contributed by atoms with Gasteiger partial charge in [-0.05, 0) is 37.3 Å². The lowest BCUT2D eigenvalue weighted by atomic mass is 10.1. The van der Waals surface area contributed by atoms with Gasteiger partial charge in [0.05, 0.1) is 18.8 Å². The molecular weight excluding hydrogens is 374 g/mol. The van der Waals surface area contributed by atoms with Crippen molar-refractivity contribution in [3.8, 4) is 11.3 Å². The van der Waals surface area contributed by atoms with Crippen molar-refractivity contribution < 1.29 is 9.53 Å². The second kappa shape index (κ2) is 10.3. The van der Waals surface area contributed by atoms with E-state index < -0.39 is 0 Å². The van der Waals surface area contributed by atoms with Crippen LogP contribution in [0.2, 0.25) is 0 Å². The monoisotopic (exact) mass is 409 g/mol. The van der Waals surface area contributed by atoms with Crippen LogP contribution in [0.5, 0.6) is 0 Å². The topological polar surface area (TPSA) is 37.7 Å². The van der Waals surface area contributed by atoms with Crippen LogP contribution in [-0.4, -0.2) is 66.2 Å². The summed E-state index contributed by atoms with van der Waals surface area (Å²) in [5, 5.41) is 0. The van der Waals surface area contributed by atoms with Gasteiger partial charge in [0.15, 0.2) is 0 Å². The zero-order chi connectivity index (χ0) is 20.8.